The minimum atomic E-state index is -0.0594. The van der Waals surface area contributed by atoms with E-state index in [2.05, 4.69) is 25.6 Å². The van der Waals surface area contributed by atoms with E-state index >= 15 is 0 Å². The maximum atomic E-state index is 10.2. The van der Waals surface area contributed by atoms with Crippen LogP contribution in [0.15, 0.2) is 12.1 Å². The van der Waals surface area contributed by atoms with Gasteiger partial charge in [0.1, 0.15) is 5.75 Å². The summed E-state index contributed by atoms with van der Waals surface area (Å²) >= 11 is 0. The zero-order chi connectivity index (χ0) is 12.3. The zero-order valence-corrected chi connectivity index (χ0v) is 10.5. The topological polar surface area (TPSA) is 55.5 Å². The Bertz CT molecular complexity index is 367. The van der Waals surface area contributed by atoms with Crippen LogP contribution in [-0.4, -0.2) is 11.7 Å². The van der Waals surface area contributed by atoms with E-state index in [9.17, 15) is 5.11 Å². The lowest BCUT2D eigenvalue weighted by molar-refractivity contribution is 0.140. The van der Waals surface area contributed by atoms with Gasteiger partial charge in [-0.05, 0) is 29.0 Å². The summed E-state index contributed by atoms with van der Waals surface area (Å²) < 4.78 is 0. The molecule has 0 atom stereocenters. The summed E-state index contributed by atoms with van der Waals surface area (Å²) in [6, 6.07) is 4.02. The highest BCUT2D eigenvalue weighted by Gasteiger charge is 2.20. The third-order valence-electron chi connectivity index (χ3n) is 2.79. The third-order valence-corrected chi connectivity index (χ3v) is 2.79. The van der Waals surface area contributed by atoms with Gasteiger partial charge in [0.2, 0.25) is 0 Å². The van der Waals surface area contributed by atoms with Gasteiger partial charge in [0.15, 0.2) is 0 Å². The molecule has 1 aromatic carbocycles. The fourth-order valence-electron chi connectivity index (χ4n) is 1.82. The van der Waals surface area contributed by atoms with E-state index in [0.717, 1.165) is 16.7 Å². The molecule has 0 radical (unpaired) electrons. The molecule has 0 spiro atoms. The van der Waals surface area contributed by atoms with Crippen LogP contribution in [0, 0.1) is 6.92 Å². The van der Waals surface area contributed by atoms with Crippen molar-refractivity contribution in [2.75, 3.05) is 6.61 Å². The quantitative estimate of drug-likeness (QED) is 0.774. The van der Waals surface area contributed by atoms with E-state index < -0.39 is 0 Å². The van der Waals surface area contributed by atoms with Crippen molar-refractivity contribution < 1.29 is 9.94 Å². The van der Waals surface area contributed by atoms with Gasteiger partial charge in [-0.15, -0.1) is 0 Å². The molecule has 3 heteroatoms. The maximum Gasteiger partial charge on any atom is 0.122 e. The van der Waals surface area contributed by atoms with Crippen molar-refractivity contribution in [1.82, 2.24) is 0 Å². The molecule has 16 heavy (non-hydrogen) atoms. The molecule has 3 nitrogen and oxygen atoms in total. The normalized spacial score (nSPS) is 11.8. The molecule has 0 saturated carbocycles. The van der Waals surface area contributed by atoms with E-state index in [1.165, 1.54) is 0 Å². The second-order valence-corrected chi connectivity index (χ2v) is 5.13. The van der Waals surface area contributed by atoms with Crippen LogP contribution < -0.4 is 5.90 Å². The molecular weight excluding hydrogens is 202 g/mol. The van der Waals surface area contributed by atoms with Gasteiger partial charge in [-0.3, -0.25) is 0 Å². The van der Waals surface area contributed by atoms with Crippen molar-refractivity contribution in [1.29, 1.82) is 0 Å². The standard InChI is InChI=1S/C13H21NO2/c1-9-5-6-11(13(2,3)4)12(15)10(9)7-8-16-14/h5-6,15H,7-8,14H2,1-4H3. The number of nitrogens with two attached hydrogens (primary N) is 1. The van der Waals surface area contributed by atoms with Crippen LogP contribution in [0.3, 0.4) is 0 Å². The van der Waals surface area contributed by atoms with Crippen LogP contribution in [0.4, 0.5) is 0 Å². The molecule has 0 saturated heterocycles. The Morgan fingerprint density at radius 3 is 2.44 bits per heavy atom. The lowest BCUT2D eigenvalue weighted by Crippen LogP contribution is -2.13. The number of phenols is 1. The Hall–Kier alpha value is -1.06. The van der Waals surface area contributed by atoms with Crippen molar-refractivity contribution >= 4 is 0 Å². The number of aryl methyl sites for hydroxylation is 1. The zero-order valence-electron chi connectivity index (χ0n) is 10.5. The van der Waals surface area contributed by atoms with Crippen LogP contribution in [0.1, 0.15) is 37.5 Å². The maximum absolute atomic E-state index is 10.2. The molecule has 0 unspecified atom stereocenters. The molecule has 0 aliphatic heterocycles. The first-order valence-corrected chi connectivity index (χ1v) is 5.51. The highest BCUT2D eigenvalue weighted by atomic mass is 16.6. The minimum Gasteiger partial charge on any atom is -0.507 e. The number of benzene rings is 1. The lowest BCUT2D eigenvalue weighted by Gasteiger charge is -2.23. The molecule has 1 aromatic rings. The van der Waals surface area contributed by atoms with Gasteiger partial charge in [-0.1, -0.05) is 32.9 Å². The predicted molar refractivity (Wildman–Crippen MR) is 65.4 cm³/mol. The molecule has 0 aliphatic rings. The van der Waals surface area contributed by atoms with Gasteiger partial charge >= 0.3 is 0 Å². The van der Waals surface area contributed by atoms with Crippen LogP contribution in [0.25, 0.3) is 0 Å². The Labute approximate surface area is 97.2 Å². The molecule has 0 heterocycles. The van der Waals surface area contributed by atoms with E-state index in [0.29, 0.717) is 18.8 Å². The molecule has 0 aromatic heterocycles. The Morgan fingerprint density at radius 1 is 1.31 bits per heavy atom. The average Bonchev–Trinajstić information content (AvgIpc) is 2.15. The first-order valence-electron chi connectivity index (χ1n) is 5.51. The number of phenolic OH excluding ortho intramolecular Hbond substituents is 1. The summed E-state index contributed by atoms with van der Waals surface area (Å²) in [5.74, 6) is 5.40. The van der Waals surface area contributed by atoms with Gasteiger partial charge in [-0.2, -0.15) is 0 Å². The number of aromatic hydroxyl groups is 1. The van der Waals surface area contributed by atoms with Gasteiger partial charge in [0, 0.05) is 6.42 Å². The largest absolute Gasteiger partial charge is 0.507 e. The number of rotatable bonds is 3. The number of hydrogen-bond donors (Lipinski definition) is 2. The molecule has 0 amide bonds. The highest BCUT2D eigenvalue weighted by molar-refractivity contribution is 5.48. The van der Waals surface area contributed by atoms with Gasteiger partial charge in [-0.25, -0.2) is 5.90 Å². The predicted octanol–water partition coefficient (Wildman–Crippen LogP) is 2.43. The van der Waals surface area contributed by atoms with E-state index in [4.69, 9.17) is 5.90 Å². The van der Waals surface area contributed by atoms with Crippen molar-refractivity contribution in [3.63, 3.8) is 0 Å². The number of hydrogen-bond acceptors (Lipinski definition) is 3. The first kappa shape index (κ1) is 13.0. The summed E-state index contributed by atoms with van der Waals surface area (Å²) in [5, 5.41) is 10.2. The van der Waals surface area contributed by atoms with Crippen LogP contribution in [0.2, 0.25) is 0 Å². The molecule has 0 fully saturated rings. The summed E-state index contributed by atoms with van der Waals surface area (Å²) in [6.07, 6.45) is 0.637. The smallest absolute Gasteiger partial charge is 0.122 e. The highest BCUT2D eigenvalue weighted by Crippen LogP contribution is 2.34. The summed E-state index contributed by atoms with van der Waals surface area (Å²) in [4.78, 5) is 4.57. The van der Waals surface area contributed by atoms with E-state index in [-0.39, 0.29) is 5.41 Å². The molecule has 1 rings (SSSR count). The summed E-state index contributed by atoms with van der Waals surface area (Å²) in [6.45, 7) is 8.65. The summed E-state index contributed by atoms with van der Waals surface area (Å²) in [7, 11) is 0. The minimum absolute atomic E-state index is 0.0594. The molecular formula is C13H21NO2. The van der Waals surface area contributed by atoms with Crippen LogP contribution in [0.5, 0.6) is 5.75 Å². The summed E-state index contributed by atoms with van der Waals surface area (Å²) in [5.41, 5.74) is 2.90. The van der Waals surface area contributed by atoms with Gasteiger partial charge in [0.25, 0.3) is 0 Å². The SMILES string of the molecule is Cc1ccc(C(C)(C)C)c(O)c1CCON. The molecule has 0 bridgehead atoms. The fraction of sp³-hybridized carbons (Fsp3) is 0.538. The van der Waals surface area contributed by atoms with Crippen LogP contribution in [-0.2, 0) is 16.7 Å². The van der Waals surface area contributed by atoms with E-state index in [1.807, 2.05) is 19.1 Å². The molecule has 3 N–H and O–H groups in total. The van der Waals surface area contributed by atoms with E-state index in [1.54, 1.807) is 0 Å². The Kier molecular flexibility index (Phi) is 3.94. The van der Waals surface area contributed by atoms with Crippen molar-refractivity contribution in [3.05, 3.63) is 28.8 Å². The Balaban J connectivity index is 3.16. The monoisotopic (exact) mass is 223 g/mol. The second-order valence-electron chi connectivity index (χ2n) is 5.13. The van der Waals surface area contributed by atoms with Crippen LogP contribution >= 0.6 is 0 Å². The van der Waals surface area contributed by atoms with Gasteiger partial charge < -0.3 is 9.94 Å². The first-order chi connectivity index (χ1) is 7.38. The lowest BCUT2D eigenvalue weighted by atomic mass is 9.84. The van der Waals surface area contributed by atoms with Crippen molar-refractivity contribution in [2.45, 2.75) is 39.5 Å². The average molecular weight is 223 g/mol. The third kappa shape index (κ3) is 2.74. The second kappa shape index (κ2) is 4.85. The Morgan fingerprint density at radius 2 is 1.94 bits per heavy atom. The van der Waals surface area contributed by atoms with Crippen molar-refractivity contribution in [2.24, 2.45) is 5.90 Å². The fourth-order valence-corrected chi connectivity index (χ4v) is 1.82. The molecule has 0 aliphatic carbocycles. The molecule has 90 valence electrons. The van der Waals surface area contributed by atoms with Crippen molar-refractivity contribution in [3.8, 4) is 5.75 Å². The van der Waals surface area contributed by atoms with Gasteiger partial charge in [0.05, 0.1) is 6.61 Å².